The van der Waals surface area contributed by atoms with Gasteiger partial charge in [-0.2, -0.15) is 0 Å². The summed E-state index contributed by atoms with van der Waals surface area (Å²) >= 11 is 7.08. The molecule has 0 saturated carbocycles. The van der Waals surface area contributed by atoms with E-state index in [1.54, 1.807) is 25.3 Å². The number of hydrogen-bond acceptors (Lipinski definition) is 9. The average Bonchev–Trinajstić information content (AvgIpc) is 3.90. The van der Waals surface area contributed by atoms with Gasteiger partial charge in [0.15, 0.2) is 26.3 Å². The molecule has 62 heavy (non-hydrogen) atoms. The molecule has 5 atom stereocenters. The first-order chi connectivity index (χ1) is 29.5. The molecule has 0 aromatic heterocycles. The molecule has 0 radical (unpaired) electrons. The van der Waals surface area contributed by atoms with Gasteiger partial charge in [-0.15, -0.1) is 0 Å². The topological polar surface area (TPSA) is 113 Å². The zero-order valence-electron chi connectivity index (χ0n) is 38.2. The molecular weight excluding hydrogens is 836 g/mol. The van der Waals surface area contributed by atoms with Crippen LogP contribution in [-0.2, 0) is 25.2 Å². The quantitative estimate of drug-likeness (QED) is 0.0824. The molecule has 0 bridgehead atoms. The van der Waals surface area contributed by atoms with Crippen molar-refractivity contribution in [1.29, 1.82) is 0 Å². The zero-order valence-corrected chi connectivity index (χ0v) is 41.0. The Morgan fingerprint density at radius 1 is 0.984 bits per heavy atom. The molecule has 2 N–H and O–H groups in total. The minimum atomic E-state index is -2.28. The molecule has 12 heteroatoms. The van der Waals surface area contributed by atoms with Gasteiger partial charge in [-0.1, -0.05) is 108 Å². The van der Waals surface area contributed by atoms with Gasteiger partial charge in [0, 0.05) is 28.5 Å². The lowest BCUT2D eigenvalue weighted by Crippen LogP contribution is -2.51. The van der Waals surface area contributed by atoms with Crippen LogP contribution in [0.15, 0.2) is 53.6 Å². The number of benzene rings is 3. The molecule has 332 valence electrons. The Morgan fingerprint density at radius 2 is 1.66 bits per heavy atom. The number of aryl methyl sites for hydroxylation is 3. The van der Waals surface area contributed by atoms with E-state index in [0.29, 0.717) is 50.6 Å². The first-order valence-electron chi connectivity index (χ1n) is 22.1. The number of carbonyl (C=O) groups is 1. The molecule has 1 aliphatic heterocycles. The fourth-order valence-corrected chi connectivity index (χ4v) is 15.4. The van der Waals surface area contributed by atoms with E-state index >= 15 is 0 Å². The summed E-state index contributed by atoms with van der Waals surface area (Å²) in [6, 6.07) is 14.3. The van der Waals surface area contributed by atoms with Crippen molar-refractivity contribution in [3.8, 4) is 35.2 Å². The van der Waals surface area contributed by atoms with Crippen molar-refractivity contribution in [2.45, 2.75) is 148 Å². The van der Waals surface area contributed by atoms with Crippen LogP contribution >= 0.6 is 11.6 Å². The number of ether oxygens (including phenoxy) is 4. The Morgan fingerprint density at radius 3 is 2.27 bits per heavy atom. The van der Waals surface area contributed by atoms with Crippen LogP contribution in [-0.4, -0.2) is 70.4 Å². The van der Waals surface area contributed by atoms with E-state index in [1.807, 2.05) is 32.9 Å². The highest BCUT2D eigenvalue weighted by atomic mass is 35.5. The molecule has 1 fully saturated rings. The van der Waals surface area contributed by atoms with Crippen molar-refractivity contribution in [2.24, 2.45) is 0 Å². The van der Waals surface area contributed by atoms with Gasteiger partial charge in [0.25, 0.3) is 8.32 Å². The highest BCUT2D eigenvalue weighted by Crippen LogP contribution is 2.43. The van der Waals surface area contributed by atoms with Crippen LogP contribution < -0.4 is 9.16 Å². The minimum Gasteiger partial charge on any atom is -0.543 e. The molecule has 1 saturated heterocycles. The number of halogens is 1. The van der Waals surface area contributed by atoms with E-state index in [1.165, 1.54) is 0 Å². The zero-order chi connectivity index (χ0) is 45.1. The van der Waals surface area contributed by atoms with Crippen molar-refractivity contribution in [3.63, 3.8) is 0 Å². The number of esters is 1. The first kappa shape index (κ1) is 47.6. The molecule has 6 rings (SSSR count). The van der Waals surface area contributed by atoms with Crippen LogP contribution in [0.1, 0.15) is 99.4 Å². The van der Waals surface area contributed by atoms with E-state index in [2.05, 4.69) is 84.3 Å². The Labute approximate surface area is 375 Å². The highest BCUT2D eigenvalue weighted by Gasteiger charge is 2.48. The highest BCUT2D eigenvalue weighted by molar-refractivity contribution is 6.75. The molecule has 0 unspecified atom stereocenters. The van der Waals surface area contributed by atoms with Crippen LogP contribution in [0.25, 0.3) is 10.8 Å². The summed E-state index contributed by atoms with van der Waals surface area (Å²) in [6.45, 7) is 21.6. The number of aliphatic hydroxyl groups is 2. The summed E-state index contributed by atoms with van der Waals surface area (Å²) in [4.78, 5) is 14.8. The lowest BCUT2D eigenvalue weighted by atomic mass is 9.90. The lowest BCUT2D eigenvalue weighted by Gasteiger charge is -2.34. The molecule has 3 aromatic rings. The Balaban J connectivity index is 1.37. The summed E-state index contributed by atoms with van der Waals surface area (Å²) in [7, 11) is -2.83. The third-order valence-electron chi connectivity index (χ3n) is 13.5. The normalized spacial score (nSPS) is 23.2. The second kappa shape index (κ2) is 19.5. The van der Waals surface area contributed by atoms with Crippen molar-refractivity contribution < 1.29 is 42.8 Å². The summed E-state index contributed by atoms with van der Waals surface area (Å²) in [5.74, 6) is 12.0. The van der Waals surface area contributed by atoms with Crippen molar-refractivity contribution >= 4 is 45.0 Å². The molecule has 1 heterocycles. The van der Waals surface area contributed by atoms with E-state index in [-0.39, 0.29) is 13.2 Å². The first-order valence-corrected chi connectivity index (χ1v) is 27.4. The fourth-order valence-electron chi connectivity index (χ4n) is 9.28. The monoisotopic (exact) mass is 898 g/mol. The van der Waals surface area contributed by atoms with Gasteiger partial charge in [0.05, 0.1) is 25.3 Å². The Hall–Kier alpha value is -3.89. The minimum absolute atomic E-state index is 0.00380. The maximum absolute atomic E-state index is 14.8. The largest absolute Gasteiger partial charge is 0.543 e. The van der Waals surface area contributed by atoms with Gasteiger partial charge in [0.2, 0.25) is 0 Å². The van der Waals surface area contributed by atoms with Crippen LogP contribution in [0, 0.1) is 44.5 Å². The van der Waals surface area contributed by atoms with Crippen molar-refractivity contribution in [3.05, 3.63) is 92.0 Å². The summed E-state index contributed by atoms with van der Waals surface area (Å²) in [5.41, 5.74) is 4.64. The molecular formula is C50H63ClO9Si2. The Kier molecular flexibility index (Phi) is 14.9. The molecule has 2 aliphatic carbocycles. The third kappa shape index (κ3) is 9.20. The van der Waals surface area contributed by atoms with Gasteiger partial charge in [-0.3, -0.25) is 0 Å². The number of rotatable bonds is 16. The predicted molar refractivity (Wildman–Crippen MR) is 251 cm³/mol. The summed E-state index contributed by atoms with van der Waals surface area (Å²) < 4.78 is 38.4. The van der Waals surface area contributed by atoms with Crippen molar-refractivity contribution in [1.82, 2.24) is 0 Å². The fraction of sp³-hybridized carbons (Fsp3) is 0.500. The van der Waals surface area contributed by atoms with Crippen LogP contribution in [0.4, 0.5) is 0 Å². The van der Waals surface area contributed by atoms with E-state index in [4.69, 9.17) is 39.4 Å². The maximum atomic E-state index is 14.8. The number of methoxy groups -OCH3 is 1. The summed E-state index contributed by atoms with van der Waals surface area (Å²) in [5, 5.41) is 25.0. The van der Waals surface area contributed by atoms with Gasteiger partial charge in [-0.25, -0.2) is 4.79 Å². The standard InChI is InChI=1S/C50H63ClO9Si2/c1-12-61(13-2,14-3)60-41-21-20-38-39(28-42(55-11)47(51)40(38)29-57-62(15-4,16-5)31(6)7)46(41)48(53)58-37-26-35-18-17-19-43(52)50(54,23-22-36(35)27-37)44-30-56-49(59-44)45-33(9)24-32(8)25-34(45)10/h18,20-21,24-25,27-28,31,37,43-44,49,52,54H,12-16,26,29-30H2,1-11H3/b35-18-/t37-,43+,44-,49+,50+/m0/s1. The van der Waals surface area contributed by atoms with Crippen molar-refractivity contribution in [2.75, 3.05) is 13.7 Å². The molecule has 3 aromatic carbocycles. The average molecular weight is 900 g/mol. The SMILES string of the molecule is CC[Si](CC)(CC)Oc1ccc2c(CO[Si](CC)(CC)C(C)C)c(Cl)c(OC)cc2c1C(=O)O[C@@H]1C=C2C#C[C@](O)([C@@H]3CO[C@@H](c4c(C)cc(C)cc4C)O3)[C@H](O)C#C/C=C\2C1. The van der Waals surface area contributed by atoms with E-state index in [9.17, 15) is 15.0 Å². The Bertz CT molecular complexity index is 2340. The number of fused-ring (bicyclic) bond motifs is 2. The second-order valence-electron chi connectivity index (χ2n) is 17.2. The maximum Gasteiger partial charge on any atom is 0.343 e. The molecule has 0 spiro atoms. The number of hydrogen-bond donors (Lipinski definition) is 2. The second-order valence-corrected chi connectivity index (χ2v) is 27.3. The molecule has 3 aliphatic rings. The van der Waals surface area contributed by atoms with E-state index in [0.717, 1.165) is 63.4 Å². The predicted octanol–water partition coefficient (Wildman–Crippen LogP) is 10.7. The van der Waals surface area contributed by atoms with Gasteiger partial charge >= 0.3 is 5.97 Å². The van der Waals surface area contributed by atoms with Crippen LogP contribution in [0.5, 0.6) is 11.5 Å². The van der Waals surface area contributed by atoms with Crippen LogP contribution in [0.3, 0.4) is 0 Å². The van der Waals surface area contributed by atoms with Crippen LogP contribution in [0.2, 0.25) is 40.8 Å². The number of carbonyl (C=O) groups excluding carboxylic acids is 1. The number of allylic oxidation sites excluding steroid dienone is 2. The molecule has 0 amide bonds. The smallest absolute Gasteiger partial charge is 0.343 e. The lowest BCUT2D eigenvalue weighted by molar-refractivity contribution is -0.125. The third-order valence-corrected chi connectivity index (χ3v) is 23.7. The van der Waals surface area contributed by atoms with E-state index < -0.39 is 52.8 Å². The van der Waals surface area contributed by atoms with Gasteiger partial charge in [-0.05, 0) is 103 Å². The molecule has 9 nitrogen and oxygen atoms in total. The number of aliphatic hydroxyl groups excluding tert-OH is 1. The summed E-state index contributed by atoms with van der Waals surface area (Å²) in [6.07, 6.45) is -0.285. The van der Waals surface area contributed by atoms with Gasteiger partial charge < -0.3 is 38.0 Å². The van der Waals surface area contributed by atoms with Gasteiger partial charge in [0.1, 0.15) is 29.3 Å².